The van der Waals surface area contributed by atoms with Crippen LogP contribution in [0.3, 0.4) is 0 Å². The summed E-state index contributed by atoms with van der Waals surface area (Å²) in [6, 6.07) is 1.58. The van der Waals surface area contributed by atoms with Gasteiger partial charge in [0.1, 0.15) is 9.97 Å². The van der Waals surface area contributed by atoms with Gasteiger partial charge < -0.3 is 10.3 Å². The normalized spacial score (nSPS) is 11.9. The van der Waals surface area contributed by atoms with E-state index in [1.165, 1.54) is 0 Å². The van der Waals surface area contributed by atoms with Gasteiger partial charge in [0.05, 0.1) is 5.69 Å². The predicted octanol–water partition coefficient (Wildman–Crippen LogP) is 1.29. The van der Waals surface area contributed by atoms with Crippen LogP contribution in [0.5, 0.6) is 0 Å². The molecule has 104 valence electrons. The van der Waals surface area contributed by atoms with Crippen LogP contribution in [0.4, 0.5) is 0 Å². The molecular formula is C11H15N3O3S2. The maximum atomic E-state index is 12.1. The minimum atomic E-state index is -3.52. The fourth-order valence-corrected chi connectivity index (χ4v) is 3.86. The zero-order valence-corrected chi connectivity index (χ0v) is 12.3. The number of nitrogens with two attached hydrogens (primary N) is 1. The van der Waals surface area contributed by atoms with Crippen LogP contribution < -0.4 is 10.5 Å². The summed E-state index contributed by atoms with van der Waals surface area (Å²) in [6.07, 6.45) is 0. The van der Waals surface area contributed by atoms with E-state index in [9.17, 15) is 8.42 Å². The highest BCUT2D eigenvalue weighted by atomic mass is 32.2. The van der Waals surface area contributed by atoms with Gasteiger partial charge in [-0.25, -0.2) is 13.1 Å². The van der Waals surface area contributed by atoms with Crippen molar-refractivity contribution >= 4 is 21.4 Å². The van der Waals surface area contributed by atoms with Crippen LogP contribution in [0.1, 0.15) is 22.6 Å². The number of hydrogen-bond donors (Lipinski definition) is 2. The third-order valence-electron chi connectivity index (χ3n) is 2.75. The van der Waals surface area contributed by atoms with Gasteiger partial charge in [-0.3, -0.25) is 0 Å². The Morgan fingerprint density at radius 2 is 2.21 bits per heavy atom. The van der Waals surface area contributed by atoms with E-state index in [1.807, 2.05) is 0 Å². The van der Waals surface area contributed by atoms with E-state index in [0.717, 1.165) is 22.5 Å². The third kappa shape index (κ3) is 3.03. The molecule has 19 heavy (non-hydrogen) atoms. The lowest BCUT2D eigenvalue weighted by molar-refractivity contribution is 0.392. The first-order valence-electron chi connectivity index (χ1n) is 5.63. The Labute approximate surface area is 115 Å². The average Bonchev–Trinajstić information content (AvgIpc) is 2.96. The second kappa shape index (κ2) is 5.41. The summed E-state index contributed by atoms with van der Waals surface area (Å²) >= 11 is 1.16. The number of nitrogens with zero attached hydrogens (tertiary/aromatic N) is 1. The first-order valence-corrected chi connectivity index (χ1v) is 7.99. The molecule has 8 heteroatoms. The minimum absolute atomic E-state index is 0.166. The molecule has 0 bridgehead atoms. The van der Waals surface area contributed by atoms with Crippen LogP contribution in [0, 0.1) is 13.8 Å². The molecule has 0 spiro atoms. The van der Waals surface area contributed by atoms with Crippen molar-refractivity contribution in [3.63, 3.8) is 0 Å². The van der Waals surface area contributed by atoms with Crippen LogP contribution in [-0.4, -0.2) is 13.6 Å². The van der Waals surface area contributed by atoms with Crippen LogP contribution in [0.2, 0.25) is 0 Å². The molecule has 0 atom stereocenters. The summed E-state index contributed by atoms with van der Waals surface area (Å²) in [5.74, 6) is 0.619. The van der Waals surface area contributed by atoms with E-state index in [2.05, 4.69) is 9.88 Å². The lowest BCUT2D eigenvalue weighted by atomic mass is 10.2. The Balaban J connectivity index is 2.14. The monoisotopic (exact) mass is 301 g/mol. The zero-order chi connectivity index (χ0) is 14.0. The van der Waals surface area contributed by atoms with Gasteiger partial charge in [0.25, 0.3) is 0 Å². The van der Waals surface area contributed by atoms with Gasteiger partial charge in [0, 0.05) is 18.7 Å². The van der Waals surface area contributed by atoms with Crippen LogP contribution >= 0.6 is 11.3 Å². The Bertz CT molecular complexity index is 654. The highest BCUT2D eigenvalue weighted by Crippen LogP contribution is 2.20. The summed E-state index contributed by atoms with van der Waals surface area (Å²) in [5, 5.41) is 5.52. The molecule has 0 unspecified atom stereocenters. The molecule has 0 radical (unpaired) electrons. The topological polar surface area (TPSA) is 98.2 Å². The molecule has 0 aliphatic rings. The molecule has 0 aliphatic carbocycles. The van der Waals surface area contributed by atoms with E-state index in [4.69, 9.17) is 10.3 Å². The van der Waals surface area contributed by atoms with Crippen LogP contribution in [0.25, 0.3) is 0 Å². The molecule has 0 saturated heterocycles. The summed E-state index contributed by atoms with van der Waals surface area (Å²) in [4.78, 5) is 0. The Hall–Kier alpha value is -1.22. The summed E-state index contributed by atoms with van der Waals surface area (Å²) < 4.78 is 32.0. The van der Waals surface area contributed by atoms with Crippen molar-refractivity contribution < 1.29 is 12.9 Å². The molecule has 0 amide bonds. The van der Waals surface area contributed by atoms with Gasteiger partial charge in [0.15, 0.2) is 0 Å². The zero-order valence-electron chi connectivity index (χ0n) is 10.6. The smallest absolute Gasteiger partial charge is 0.250 e. The summed E-state index contributed by atoms with van der Waals surface area (Å²) in [6.45, 7) is 4.02. The number of hydrogen-bond acceptors (Lipinski definition) is 6. The van der Waals surface area contributed by atoms with Gasteiger partial charge in [0.2, 0.25) is 10.0 Å². The van der Waals surface area contributed by atoms with Gasteiger partial charge in [-0.05, 0) is 30.9 Å². The van der Waals surface area contributed by atoms with E-state index in [1.54, 1.807) is 25.3 Å². The van der Waals surface area contributed by atoms with Gasteiger partial charge >= 0.3 is 0 Å². The standard InChI is InChI=1S/C11H15N3O3S2/c1-7-10(8(2)17-14-7)5-13-19(15,16)11-3-9(4-12)6-18-11/h3,6,13H,4-5,12H2,1-2H3. The average molecular weight is 301 g/mol. The van der Waals surface area contributed by atoms with E-state index < -0.39 is 10.0 Å². The first kappa shape index (κ1) is 14.2. The molecule has 3 N–H and O–H groups in total. The number of aryl methyl sites for hydroxylation is 2. The van der Waals surface area contributed by atoms with Crippen molar-refractivity contribution in [3.8, 4) is 0 Å². The van der Waals surface area contributed by atoms with Crippen molar-refractivity contribution in [1.82, 2.24) is 9.88 Å². The van der Waals surface area contributed by atoms with Crippen molar-refractivity contribution in [2.75, 3.05) is 0 Å². The maximum Gasteiger partial charge on any atom is 0.250 e. The summed E-state index contributed by atoms with van der Waals surface area (Å²) in [7, 11) is -3.52. The van der Waals surface area contributed by atoms with Gasteiger partial charge in [-0.15, -0.1) is 11.3 Å². The number of rotatable bonds is 5. The lowest BCUT2D eigenvalue weighted by Crippen LogP contribution is -2.23. The van der Waals surface area contributed by atoms with Crippen molar-refractivity contribution in [3.05, 3.63) is 34.0 Å². The lowest BCUT2D eigenvalue weighted by Gasteiger charge is -2.04. The molecule has 2 aromatic rings. The highest BCUT2D eigenvalue weighted by Gasteiger charge is 2.18. The SMILES string of the molecule is Cc1noc(C)c1CNS(=O)(=O)c1cc(CN)cs1. The Kier molecular flexibility index (Phi) is 4.04. The highest BCUT2D eigenvalue weighted by molar-refractivity contribution is 7.91. The molecule has 0 fully saturated rings. The largest absolute Gasteiger partial charge is 0.361 e. The third-order valence-corrected chi connectivity index (χ3v) is 5.64. The van der Waals surface area contributed by atoms with E-state index in [0.29, 0.717) is 18.0 Å². The predicted molar refractivity (Wildman–Crippen MR) is 72.2 cm³/mol. The van der Waals surface area contributed by atoms with E-state index >= 15 is 0 Å². The van der Waals surface area contributed by atoms with Crippen LogP contribution in [0.15, 0.2) is 20.2 Å². The fraction of sp³-hybridized carbons (Fsp3) is 0.364. The Morgan fingerprint density at radius 1 is 1.47 bits per heavy atom. The van der Waals surface area contributed by atoms with Crippen molar-refractivity contribution in [1.29, 1.82) is 0 Å². The molecule has 6 nitrogen and oxygen atoms in total. The van der Waals surface area contributed by atoms with E-state index in [-0.39, 0.29) is 10.8 Å². The molecule has 2 heterocycles. The number of aromatic nitrogens is 1. The molecule has 0 aliphatic heterocycles. The number of thiophene rings is 1. The Morgan fingerprint density at radius 3 is 2.74 bits per heavy atom. The van der Waals surface area contributed by atoms with Gasteiger partial charge in [-0.2, -0.15) is 0 Å². The quantitative estimate of drug-likeness (QED) is 0.867. The second-order valence-electron chi connectivity index (χ2n) is 4.11. The van der Waals surface area contributed by atoms with Crippen molar-refractivity contribution in [2.24, 2.45) is 5.73 Å². The fourth-order valence-electron chi connectivity index (χ4n) is 1.59. The first-order chi connectivity index (χ1) is 8.94. The van der Waals surface area contributed by atoms with Crippen molar-refractivity contribution in [2.45, 2.75) is 31.1 Å². The molecule has 2 aromatic heterocycles. The molecule has 2 rings (SSSR count). The molecular weight excluding hydrogens is 286 g/mol. The second-order valence-corrected chi connectivity index (χ2v) is 7.01. The van der Waals surface area contributed by atoms with Crippen LogP contribution in [-0.2, 0) is 23.1 Å². The number of nitrogens with one attached hydrogen (secondary N) is 1. The minimum Gasteiger partial charge on any atom is -0.361 e. The molecule has 0 saturated carbocycles. The summed E-state index contributed by atoms with van der Waals surface area (Å²) in [5.41, 5.74) is 7.73. The molecule has 0 aromatic carbocycles. The van der Waals surface area contributed by atoms with Gasteiger partial charge in [-0.1, -0.05) is 5.16 Å². The number of sulfonamides is 1. The maximum absolute atomic E-state index is 12.1.